The van der Waals surface area contributed by atoms with Gasteiger partial charge in [0, 0.05) is 22.8 Å². The van der Waals surface area contributed by atoms with E-state index < -0.39 is 5.60 Å². The second-order valence-corrected chi connectivity index (χ2v) is 8.06. The van der Waals surface area contributed by atoms with Crippen LogP contribution in [0.2, 0.25) is 0 Å². The molecule has 1 aliphatic rings. The first kappa shape index (κ1) is 17.3. The van der Waals surface area contributed by atoms with Crippen molar-refractivity contribution in [3.8, 4) is 0 Å². The van der Waals surface area contributed by atoms with Crippen LogP contribution in [0.3, 0.4) is 0 Å². The number of aliphatic hydroxyl groups is 1. The second-order valence-electron chi connectivity index (χ2n) is 7.05. The van der Waals surface area contributed by atoms with Gasteiger partial charge >= 0.3 is 0 Å². The molecular weight excluding hydrogens is 338 g/mol. The fraction of sp³-hybridized carbons (Fsp3) is 0.217. The predicted molar refractivity (Wildman–Crippen MR) is 108 cm³/mol. The number of fused-ring (bicyclic) bond motifs is 2. The van der Waals surface area contributed by atoms with E-state index in [1.54, 1.807) is 11.8 Å². The van der Waals surface area contributed by atoms with Crippen molar-refractivity contribution in [3.63, 3.8) is 0 Å². The maximum absolute atomic E-state index is 12.3. The molecule has 2 nitrogen and oxygen atoms in total. The summed E-state index contributed by atoms with van der Waals surface area (Å²) < 4.78 is 0. The van der Waals surface area contributed by atoms with Crippen LogP contribution in [0.5, 0.6) is 0 Å². The van der Waals surface area contributed by atoms with Crippen LogP contribution < -0.4 is 0 Å². The lowest BCUT2D eigenvalue weighted by atomic mass is 9.77. The topological polar surface area (TPSA) is 23.5 Å². The summed E-state index contributed by atoms with van der Waals surface area (Å²) in [6, 6.07) is 24.8. The van der Waals surface area contributed by atoms with Gasteiger partial charge in [-0.25, -0.2) is 0 Å². The largest absolute Gasteiger partial charge is 0.376 e. The van der Waals surface area contributed by atoms with Crippen LogP contribution in [0.15, 0.2) is 77.7 Å². The number of benzene rings is 3. The molecule has 0 radical (unpaired) electrons. The number of rotatable bonds is 3. The molecule has 0 unspecified atom stereocenters. The van der Waals surface area contributed by atoms with E-state index in [4.69, 9.17) is 0 Å². The molecule has 0 fully saturated rings. The standard InChI is InChI=1S/C23H23NOS/c1-24(2)15-17-9-3-5-11-19(17)23(25)20-12-6-4-10-18(20)16-26-22-14-8-7-13-21(22)23/h3-14,25H,15-16H2,1-2H3/t23-/m1/s1. The Labute approximate surface area is 159 Å². The van der Waals surface area contributed by atoms with Gasteiger partial charge in [-0.2, -0.15) is 0 Å². The highest BCUT2D eigenvalue weighted by molar-refractivity contribution is 7.98. The minimum Gasteiger partial charge on any atom is -0.376 e. The Bertz CT molecular complexity index is 887. The molecule has 1 heterocycles. The smallest absolute Gasteiger partial charge is 0.142 e. The van der Waals surface area contributed by atoms with Crippen LogP contribution in [0.4, 0.5) is 0 Å². The third-order valence-electron chi connectivity index (χ3n) is 4.96. The average Bonchev–Trinajstić information content (AvgIpc) is 2.78. The zero-order valence-corrected chi connectivity index (χ0v) is 16.0. The van der Waals surface area contributed by atoms with Crippen LogP contribution in [0, 0.1) is 0 Å². The van der Waals surface area contributed by atoms with Crippen LogP contribution >= 0.6 is 11.8 Å². The van der Waals surface area contributed by atoms with Crippen LogP contribution in [-0.2, 0) is 17.9 Å². The quantitative estimate of drug-likeness (QED) is 0.735. The van der Waals surface area contributed by atoms with Crippen molar-refractivity contribution in [2.75, 3.05) is 14.1 Å². The van der Waals surface area contributed by atoms with Gasteiger partial charge in [0.25, 0.3) is 0 Å². The summed E-state index contributed by atoms with van der Waals surface area (Å²) in [6.07, 6.45) is 0. The molecule has 4 rings (SSSR count). The third-order valence-corrected chi connectivity index (χ3v) is 6.08. The van der Waals surface area contributed by atoms with Gasteiger partial charge in [0.15, 0.2) is 0 Å². The summed E-state index contributed by atoms with van der Waals surface area (Å²) in [5.41, 5.74) is 4.12. The highest BCUT2D eigenvalue weighted by Gasteiger charge is 2.40. The van der Waals surface area contributed by atoms with E-state index >= 15 is 0 Å². The molecule has 1 N–H and O–H groups in total. The van der Waals surface area contributed by atoms with Crippen molar-refractivity contribution in [2.24, 2.45) is 0 Å². The predicted octanol–water partition coefficient (Wildman–Crippen LogP) is 4.64. The fourth-order valence-corrected chi connectivity index (χ4v) is 4.94. The summed E-state index contributed by atoms with van der Waals surface area (Å²) in [7, 11) is 4.12. The van der Waals surface area contributed by atoms with E-state index in [2.05, 4.69) is 67.5 Å². The first-order valence-corrected chi connectivity index (χ1v) is 9.85. The van der Waals surface area contributed by atoms with Gasteiger partial charge in [-0.05, 0) is 42.4 Å². The van der Waals surface area contributed by atoms with E-state index in [9.17, 15) is 5.11 Å². The molecule has 1 atom stereocenters. The summed E-state index contributed by atoms with van der Waals surface area (Å²) >= 11 is 1.80. The molecule has 1 aliphatic heterocycles. The van der Waals surface area contributed by atoms with Crippen LogP contribution in [0.1, 0.15) is 27.8 Å². The van der Waals surface area contributed by atoms with Crippen molar-refractivity contribution >= 4 is 11.8 Å². The lowest BCUT2D eigenvalue weighted by molar-refractivity contribution is 0.120. The highest BCUT2D eigenvalue weighted by atomic mass is 32.2. The Hall–Kier alpha value is -2.07. The molecule has 0 bridgehead atoms. The van der Waals surface area contributed by atoms with Crippen molar-refractivity contribution in [1.82, 2.24) is 4.90 Å². The second kappa shape index (κ2) is 6.92. The number of nitrogens with zero attached hydrogens (tertiary/aromatic N) is 1. The molecule has 0 saturated carbocycles. The molecule has 3 aromatic carbocycles. The van der Waals surface area contributed by atoms with Gasteiger partial charge in [0.2, 0.25) is 0 Å². The number of hydrogen-bond acceptors (Lipinski definition) is 3. The van der Waals surface area contributed by atoms with E-state index in [-0.39, 0.29) is 0 Å². The summed E-state index contributed by atoms with van der Waals surface area (Å²) in [5.74, 6) is 0.866. The SMILES string of the molecule is CN(C)Cc1ccccc1[C@@]1(O)c2ccccc2CSc2ccccc21. The lowest BCUT2D eigenvalue weighted by Gasteiger charge is -2.33. The average molecular weight is 362 g/mol. The van der Waals surface area contributed by atoms with Crippen molar-refractivity contribution < 1.29 is 5.11 Å². The molecular formula is C23H23NOS. The molecule has 3 heteroatoms. The monoisotopic (exact) mass is 361 g/mol. The van der Waals surface area contributed by atoms with Gasteiger partial charge < -0.3 is 10.0 Å². The van der Waals surface area contributed by atoms with E-state index in [0.29, 0.717) is 0 Å². The Morgan fingerprint density at radius 3 is 2.23 bits per heavy atom. The minimum atomic E-state index is -1.15. The van der Waals surface area contributed by atoms with Crippen molar-refractivity contribution in [3.05, 3.63) is 101 Å². The molecule has 0 aromatic heterocycles. The van der Waals surface area contributed by atoms with Gasteiger partial charge in [0.1, 0.15) is 5.60 Å². The van der Waals surface area contributed by atoms with Gasteiger partial charge in [0.05, 0.1) is 0 Å². The zero-order chi connectivity index (χ0) is 18.1. The third kappa shape index (κ3) is 2.86. The van der Waals surface area contributed by atoms with E-state index in [1.165, 1.54) is 5.56 Å². The van der Waals surface area contributed by atoms with Crippen LogP contribution in [-0.4, -0.2) is 24.1 Å². The highest BCUT2D eigenvalue weighted by Crippen LogP contribution is 2.47. The first-order chi connectivity index (χ1) is 12.6. The Balaban J connectivity index is 2.04. The Morgan fingerprint density at radius 2 is 1.46 bits per heavy atom. The summed E-state index contributed by atoms with van der Waals surface area (Å²) in [4.78, 5) is 3.29. The number of thioether (sulfide) groups is 1. The van der Waals surface area contributed by atoms with E-state index in [1.807, 2.05) is 24.3 Å². The lowest BCUT2D eigenvalue weighted by Crippen LogP contribution is -2.32. The molecule has 132 valence electrons. The van der Waals surface area contributed by atoms with Gasteiger partial charge in [-0.1, -0.05) is 66.7 Å². The molecule has 0 saturated heterocycles. The maximum atomic E-state index is 12.3. The zero-order valence-electron chi connectivity index (χ0n) is 15.1. The van der Waals surface area contributed by atoms with Gasteiger partial charge in [-0.3, -0.25) is 0 Å². The Kier molecular flexibility index (Phi) is 4.62. The van der Waals surface area contributed by atoms with Gasteiger partial charge in [-0.15, -0.1) is 11.8 Å². The summed E-state index contributed by atoms with van der Waals surface area (Å²) in [5, 5.41) is 12.3. The molecule has 3 aromatic rings. The number of hydrogen-bond donors (Lipinski definition) is 1. The molecule has 26 heavy (non-hydrogen) atoms. The maximum Gasteiger partial charge on any atom is 0.142 e. The molecule has 0 aliphatic carbocycles. The van der Waals surface area contributed by atoms with Crippen molar-refractivity contribution in [2.45, 2.75) is 22.8 Å². The molecule has 0 spiro atoms. The molecule has 0 amide bonds. The first-order valence-electron chi connectivity index (χ1n) is 8.87. The fourth-order valence-electron chi connectivity index (χ4n) is 3.83. The van der Waals surface area contributed by atoms with E-state index in [0.717, 1.165) is 39.4 Å². The van der Waals surface area contributed by atoms with Crippen LogP contribution in [0.25, 0.3) is 0 Å². The summed E-state index contributed by atoms with van der Waals surface area (Å²) in [6.45, 7) is 0.788. The van der Waals surface area contributed by atoms with Crippen molar-refractivity contribution in [1.29, 1.82) is 0 Å². The Morgan fingerprint density at radius 1 is 0.846 bits per heavy atom. The minimum absolute atomic E-state index is 0.788. The normalized spacial score (nSPS) is 18.9.